The normalized spacial score (nSPS) is 12.9. The first kappa shape index (κ1) is 7.60. The van der Waals surface area contributed by atoms with Gasteiger partial charge in [0.15, 0.2) is 0 Å². The van der Waals surface area contributed by atoms with Crippen molar-refractivity contribution in [2.75, 3.05) is 0 Å². The van der Waals surface area contributed by atoms with E-state index in [-0.39, 0.29) is 0 Å². The third-order valence-electron chi connectivity index (χ3n) is 1.13. The van der Waals surface area contributed by atoms with Crippen LogP contribution in [0, 0.1) is 0 Å². The summed E-state index contributed by atoms with van der Waals surface area (Å²) >= 11 is -2.53. The minimum absolute atomic E-state index is 0.320. The maximum absolute atomic E-state index is 10.4. The average molecular weight is 203 g/mol. The van der Waals surface area contributed by atoms with Crippen LogP contribution in [0.1, 0.15) is 5.56 Å². The van der Waals surface area contributed by atoms with Crippen LogP contribution < -0.4 is 0 Å². The van der Waals surface area contributed by atoms with Gasteiger partial charge in [-0.25, -0.2) is 0 Å². The summed E-state index contributed by atoms with van der Waals surface area (Å²) in [6.45, 7) is 0. The van der Waals surface area contributed by atoms with E-state index in [1.807, 2.05) is 30.3 Å². The first-order chi connectivity index (χ1) is 4.79. The molecule has 0 fully saturated rings. The molecule has 0 amide bonds. The van der Waals surface area contributed by atoms with Gasteiger partial charge < -0.3 is 0 Å². The summed E-state index contributed by atoms with van der Waals surface area (Å²) in [5, 5.41) is 0.320. The zero-order valence-electron chi connectivity index (χ0n) is 5.36. The van der Waals surface area contributed by atoms with Crippen molar-refractivity contribution in [1.82, 2.24) is 0 Å². The summed E-state index contributed by atoms with van der Waals surface area (Å²) in [5.41, 5.74) is 0.935. The fraction of sp³-hybridized carbons (Fsp3) is 0.143. The molecule has 2 nitrogen and oxygen atoms in total. The molecular formula is C7H8O2Se. The van der Waals surface area contributed by atoms with Crippen LogP contribution in [0.2, 0.25) is 0 Å². The Balaban J connectivity index is 2.67. The topological polar surface area (TPSA) is 37.3 Å². The number of hydrogen-bond donors (Lipinski definition) is 1. The van der Waals surface area contributed by atoms with Crippen molar-refractivity contribution in [3.63, 3.8) is 0 Å². The Bertz CT molecular complexity index is 220. The van der Waals surface area contributed by atoms with Crippen LogP contribution in [0.5, 0.6) is 0 Å². The molecule has 0 bridgehead atoms. The number of benzene rings is 1. The van der Waals surface area contributed by atoms with Crippen molar-refractivity contribution >= 4 is 14.2 Å². The molecule has 0 saturated carbocycles. The molecule has 3 heteroatoms. The first-order valence-corrected chi connectivity index (χ1v) is 5.58. The van der Waals surface area contributed by atoms with Crippen molar-refractivity contribution in [2.45, 2.75) is 5.32 Å². The van der Waals surface area contributed by atoms with Gasteiger partial charge in [0.25, 0.3) is 0 Å². The van der Waals surface area contributed by atoms with E-state index >= 15 is 0 Å². The molecule has 0 aliphatic heterocycles. The molecule has 10 heavy (non-hydrogen) atoms. The van der Waals surface area contributed by atoms with Crippen molar-refractivity contribution in [1.29, 1.82) is 0 Å². The van der Waals surface area contributed by atoms with Crippen LogP contribution in [0.25, 0.3) is 0 Å². The summed E-state index contributed by atoms with van der Waals surface area (Å²) < 4.78 is 19.0. The van der Waals surface area contributed by atoms with E-state index in [1.54, 1.807) is 0 Å². The third kappa shape index (κ3) is 2.40. The zero-order chi connectivity index (χ0) is 7.40. The molecule has 1 rings (SSSR count). The van der Waals surface area contributed by atoms with Gasteiger partial charge in [-0.1, -0.05) is 0 Å². The molecule has 1 aromatic carbocycles. The fourth-order valence-electron chi connectivity index (χ4n) is 0.717. The molecule has 0 spiro atoms. The van der Waals surface area contributed by atoms with Crippen LogP contribution in [0.3, 0.4) is 0 Å². The molecular weight excluding hydrogens is 195 g/mol. The van der Waals surface area contributed by atoms with E-state index < -0.39 is 14.2 Å². The van der Waals surface area contributed by atoms with Gasteiger partial charge in [-0.05, 0) is 0 Å². The average Bonchev–Trinajstić information content (AvgIpc) is 1.88. The van der Waals surface area contributed by atoms with Gasteiger partial charge in [-0.2, -0.15) is 0 Å². The SMILES string of the molecule is O=[Se](O)Cc1ccccc1. The summed E-state index contributed by atoms with van der Waals surface area (Å²) in [4.78, 5) is 0. The Labute approximate surface area is 63.9 Å². The summed E-state index contributed by atoms with van der Waals surface area (Å²) in [6, 6.07) is 9.32. The molecule has 1 atom stereocenters. The zero-order valence-corrected chi connectivity index (χ0v) is 7.07. The third-order valence-corrected chi connectivity index (χ3v) is 2.35. The quantitative estimate of drug-likeness (QED) is 0.717. The summed E-state index contributed by atoms with van der Waals surface area (Å²) in [7, 11) is 0. The maximum atomic E-state index is 10.4. The Morgan fingerprint density at radius 2 is 1.90 bits per heavy atom. The summed E-state index contributed by atoms with van der Waals surface area (Å²) in [5.74, 6) is 0. The fourth-order valence-corrected chi connectivity index (χ4v) is 1.72. The summed E-state index contributed by atoms with van der Waals surface area (Å²) in [6.07, 6.45) is 0. The van der Waals surface area contributed by atoms with E-state index in [0.29, 0.717) is 5.32 Å². The molecule has 0 aliphatic carbocycles. The van der Waals surface area contributed by atoms with Gasteiger partial charge in [-0.15, -0.1) is 0 Å². The molecule has 1 N–H and O–H groups in total. The van der Waals surface area contributed by atoms with Crippen molar-refractivity contribution < 1.29 is 8.02 Å². The van der Waals surface area contributed by atoms with E-state index in [9.17, 15) is 3.83 Å². The van der Waals surface area contributed by atoms with Crippen molar-refractivity contribution in [2.24, 2.45) is 0 Å². The Kier molecular flexibility index (Phi) is 2.75. The predicted molar refractivity (Wildman–Crippen MR) is 38.8 cm³/mol. The molecule has 0 aliphatic rings. The van der Waals surface area contributed by atoms with Crippen molar-refractivity contribution in [3.8, 4) is 0 Å². The monoisotopic (exact) mass is 204 g/mol. The van der Waals surface area contributed by atoms with Crippen LogP contribution in [0.4, 0.5) is 0 Å². The second-order valence-electron chi connectivity index (χ2n) is 1.95. The second kappa shape index (κ2) is 3.61. The first-order valence-electron chi connectivity index (χ1n) is 2.90. The molecule has 0 radical (unpaired) electrons. The van der Waals surface area contributed by atoms with E-state index in [2.05, 4.69) is 0 Å². The Hall–Kier alpha value is -0.501. The van der Waals surface area contributed by atoms with Gasteiger partial charge in [0.1, 0.15) is 0 Å². The standard InChI is InChI=1S/C7H8O2Se/c8-10(9)6-7-4-2-1-3-5-7/h1-5H,6H2,(H,8,9). The minimum atomic E-state index is -2.53. The Morgan fingerprint density at radius 3 is 2.40 bits per heavy atom. The molecule has 0 heterocycles. The van der Waals surface area contributed by atoms with E-state index in [4.69, 9.17) is 4.19 Å². The van der Waals surface area contributed by atoms with Crippen molar-refractivity contribution in [3.05, 3.63) is 35.9 Å². The van der Waals surface area contributed by atoms with E-state index in [1.165, 1.54) is 0 Å². The number of rotatable bonds is 2. The van der Waals surface area contributed by atoms with Gasteiger partial charge >= 0.3 is 63.4 Å². The van der Waals surface area contributed by atoms with Gasteiger partial charge in [0, 0.05) is 0 Å². The van der Waals surface area contributed by atoms with Gasteiger partial charge in [0.2, 0.25) is 0 Å². The number of hydrogen-bond acceptors (Lipinski definition) is 1. The molecule has 54 valence electrons. The molecule has 1 unspecified atom stereocenters. The molecule has 1 aromatic rings. The second-order valence-corrected chi connectivity index (χ2v) is 3.91. The van der Waals surface area contributed by atoms with Crippen LogP contribution in [-0.2, 0) is 9.15 Å². The predicted octanol–water partition coefficient (Wildman–Crippen LogP) is 0.679. The van der Waals surface area contributed by atoms with Gasteiger partial charge in [0.05, 0.1) is 0 Å². The Morgan fingerprint density at radius 1 is 1.30 bits per heavy atom. The van der Waals surface area contributed by atoms with E-state index in [0.717, 1.165) is 5.56 Å². The van der Waals surface area contributed by atoms with Crippen LogP contribution >= 0.6 is 0 Å². The molecule has 0 saturated heterocycles. The van der Waals surface area contributed by atoms with Crippen LogP contribution in [-0.4, -0.2) is 18.4 Å². The van der Waals surface area contributed by atoms with Crippen LogP contribution in [0.15, 0.2) is 30.3 Å². The van der Waals surface area contributed by atoms with Gasteiger partial charge in [-0.3, -0.25) is 0 Å². The molecule has 0 aromatic heterocycles.